The molecule has 1 heterocycles. The molecule has 1 aliphatic rings. The van der Waals surface area contributed by atoms with Crippen molar-refractivity contribution in [3.63, 3.8) is 0 Å². The summed E-state index contributed by atoms with van der Waals surface area (Å²) in [5, 5.41) is 6.30. The van der Waals surface area contributed by atoms with Crippen LogP contribution in [0.4, 0.5) is 0 Å². The molecule has 0 atom stereocenters. The number of furan rings is 1. The van der Waals surface area contributed by atoms with E-state index in [4.69, 9.17) is 4.42 Å². The molecule has 1 fully saturated rings. The van der Waals surface area contributed by atoms with Crippen LogP contribution in [-0.4, -0.2) is 26.0 Å². The second-order valence-corrected chi connectivity index (χ2v) is 5.67. The Morgan fingerprint density at radius 3 is 2.68 bits per heavy atom. The van der Waals surface area contributed by atoms with Crippen LogP contribution in [-0.2, 0) is 11.2 Å². The number of hydrogen-bond donors (Lipinski definition) is 2. The Morgan fingerprint density at radius 1 is 1.37 bits per heavy atom. The summed E-state index contributed by atoms with van der Waals surface area (Å²) in [5.41, 5.74) is 0.297. The molecule has 1 aromatic heterocycles. The Kier molecular flexibility index (Phi) is 4.64. The van der Waals surface area contributed by atoms with Gasteiger partial charge in [0.15, 0.2) is 0 Å². The van der Waals surface area contributed by atoms with Crippen molar-refractivity contribution >= 4 is 5.91 Å². The monoisotopic (exact) mass is 264 g/mol. The summed E-state index contributed by atoms with van der Waals surface area (Å²) in [4.78, 5) is 11.8. The second-order valence-electron chi connectivity index (χ2n) is 5.67. The van der Waals surface area contributed by atoms with Crippen LogP contribution < -0.4 is 10.6 Å². The van der Waals surface area contributed by atoms with E-state index in [-0.39, 0.29) is 5.91 Å². The van der Waals surface area contributed by atoms with Crippen LogP contribution in [0, 0.1) is 12.3 Å². The zero-order chi connectivity index (χ0) is 13.7. The van der Waals surface area contributed by atoms with Crippen molar-refractivity contribution in [2.24, 2.45) is 5.41 Å². The number of nitrogens with one attached hydrogen (secondary N) is 2. The van der Waals surface area contributed by atoms with Gasteiger partial charge in [-0.3, -0.25) is 4.79 Å². The van der Waals surface area contributed by atoms with E-state index in [0.717, 1.165) is 24.6 Å². The fourth-order valence-corrected chi connectivity index (χ4v) is 2.70. The van der Waals surface area contributed by atoms with Gasteiger partial charge in [-0.2, -0.15) is 0 Å². The molecule has 0 unspecified atom stereocenters. The smallest absolute Gasteiger partial charge is 0.220 e. The molecule has 1 amide bonds. The van der Waals surface area contributed by atoms with E-state index in [1.54, 1.807) is 0 Å². The topological polar surface area (TPSA) is 54.3 Å². The molecular weight excluding hydrogens is 240 g/mol. The minimum Gasteiger partial charge on any atom is -0.466 e. The van der Waals surface area contributed by atoms with Crippen LogP contribution in [0.15, 0.2) is 16.5 Å². The van der Waals surface area contributed by atoms with E-state index in [1.807, 2.05) is 26.1 Å². The third-order valence-electron chi connectivity index (χ3n) is 4.02. The minimum absolute atomic E-state index is 0.122. The number of carbonyl (C=O) groups is 1. The van der Waals surface area contributed by atoms with Gasteiger partial charge in [-0.25, -0.2) is 0 Å². The van der Waals surface area contributed by atoms with Gasteiger partial charge in [0.25, 0.3) is 0 Å². The molecule has 1 saturated carbocycles. The molecule has 0 bridgehead atoms. The predicted octanol–water partition coefficient (Wildman–Crippen LogP) is 2.03. The van der Waals surface area contributed by atoms with Gasteiger partial charge >= 0.3 is 0 Å². The van der Waals surface area contributed by atoms with Gasteiger partial charge in [0, 0.05) is 31.3 Å². The third-order valence-corrected chi connectivity index (χ3v) is 4.02. The van der Waals surface area contributed by atoms with Gasteiger partial charge in [0.1, 0.15) is 11.5 Å². The van der Waals surface area contributed by atoms with Gasteiger partial charge in [0.05, 0.1) is 0 Å². The predicted molar refractivity (Wildman–Crippen MR) is 75.0 cm³/mol. The molecule has 4 heteroatoms. The van der Waals surface area contributed by atoms with Crippen molar-refractivity contribution in [2.45, 2.75) is 39.0 Å². The minimum atomic E-state index is 0.122. The van der Waals surface area contributed by atoms with Crippen LogP contribution in [0.3, 0.4) is 0 Å². The summed E-state index contributed by atoms with van der Waals surface area (Å²) in [6.07, 6.45) is 4.89. The summed E-state index contributed by atoms with van der Waals surface area (Å²) in [6.45, 7) is 3.70. The fourth-order valence-electron chi connectivity index (χ4n) is 2.70. The Bertz CT molecular complexity index is 422. The van der Waals surface area contributed by atoms with Crippen molar-refractivity contribution in [2.75, 3.05) is 20.1 Å². The summed E-state index contributed by atoms with van der Waals surface area (Å²) >= 11 is 0. The highest BCUT2D eigenvalue weighted by atomic mass is 16.3. The van der Waals surface area contributed by atoms with Crippen LogP contribution in [0.5, 0.6) is 0 Å². The SMILES string of the molecule is CNCC1(CNC(=O)CCc2ccc(C)o2)CCC1. The molecule has 0 saturated heterocycles. The van der Waals surface area contributed by atoms with E-state index < -0.39 is 0 Å². The lowest BCUT2D eigenvalue weighted by Crippen LogP contribution is -2.47. The zero-order valence-electron chi connectivity index (χ0n) is 11.9. The first-order valence-electron chi connectivity index (χ1n) is 7.10. The van der Waals surface area contributed by atoms with Crippen molar-refractivity contribution < 1.29 is 9.21 Å². The highest BCUT2D eigenvalue weighted by Gasteiger charge is 2.36. The molecule has 0 spiro atoms. The van der Waals surface area contributed by atoms with E-state index in [9.17, 15) is 4.79 Å². The highest BCUT2D eigenvalue weighted by Crippen LogP contribution is 2.39. The first-order valence-corrected chi connectivity index (χ1v) is 7.10. The Hall–Kier alpha value is -1.29. The van der Waals surface area contributed by atoms with E-state index in [0.29, 0.717) is 18.3 Å². The molecule has 1 aromatic rings. The highest BCUT2D eigenvalue weighted by molar-refractivity contribution is 5.76. The van der Waals surface area contributed by atoms with Gasteiger partial charge in [-0.15, -0.1) is 0 Å². The molecule has 4 nitrogen and oxygen atoms in total. The maximum atomic E-state index is 11.8. The van der Waals surface area contributed by atoms with E-state index in [2.05, 4.69) is 10.6 Å². The molecule has 106 valence electrons. The molecule has 19 heavy (non-hydrogen) atoms. The molecule has 0 aliphatic heterocycles. The van der Waals surface area contributed by atoms with E-state index in [1.165, 1.54) is 19.3 Å². The van der Waals surface area contributed by atoms with Gasteiger partial charge < -0.3 is 15.1 Å². The zero-order valence-corrected chi connectivity index (χ0v) is 11.9. The van der Waals surface area contributed by atoms with Crippen LogP contribution in [0.2, 0.25) is 0 Å². The van der Waals surface area contributed by atoms with Crippen LogP contribution >= 0.6 is 0 Å². The fraction of sp³-hybridized carbons (Fsp3) is 0.667. The van der Waals surface area contributed by atoms with Gasteiger partial charge in [-0.1, -0.05) is 6.42 Å². The third kappa shape index (κ3) is 3.83. The summed E-state index contributed by atoms with van der Waals surface area (Å²) < 4.78 is 5.46. The standard InChI is InChI=1S/C15H24N2O2/c1-12-4-5-13(19-12)6-7-14(18)17-11-15(10-16-2)8-3-9-15/h4-5,16H,3,6-11H2,1-2H3,(H,17,18). The lowest BCUT2D eigenvalue weighted by molar-refractivity contribution is -0.122. The lowest BCUT2D eigenvalue weighted by atomic mass is 9.68. The van der Waals surface area contributed by atoms with Crippen molar-refractivity contribution in [3.8, 4) is 0 Å². The van der Waals surface area contributed by atoms with Crippen LogP contribution in [0.1, 0.15) is 37.2 Å². The average Bonchev–Trinajstić information content (AvgIpc) is 2.76. The lowest BCUT2D eigenvalue weighted by Gasteiger charge is -2.42. The van der Waals surface area contributed by atoms with Gasteiger partial charge in [0.2, 0.25) is 5.91 Å². The first-order chi connectivity index (χ1) is 9.13. The van der Waals surface area contributed by atoms with Crippen LogP contribution in [0.25, 0.3) is 0 Å². The number of carbonyl (C=O) groups excluding carboxylic acids is 1. The summed E-state index contributed by atoms with van der Waals surface area (Å²) in [7, 11) is 1.97. The van der Waals surface area contributed by atoms with E-state index >= 15 is 0 Å². The molecule has 1 aliphatic carbocycles. The normalized spacial score (nSPS) is 16.9. The number of rotatable bonds is 7. The van der Waals surface area contributed by atoms with Gasteiger partial charge in [-0.05, 0) is 38.9 Å². The molecular formula is C15H24N2O2. The number of aryl methyl sites for hydroxylation is 2. The number of amides is 1. The maximum Gasteiger partial charge on any atom is 0.220 e. The molecule has 0 aromatic carbocycles. The van der Waals surface area contributed by atoms with Crippen molar-refractivity contribution in [3.05, 3.63) is 23.7 Å². The summed E-state index contributed by atoms with van der Waals surface area (Å²) in [6, 6.07) is 3.88. The largest absolute Gasteiger partial charge is 0.466 e. The molecule has 2 rings (SSSR count). The molecule has 0 radical (unpaired) electrons. The second kappa shape index (κ2) is 6.24. The first kappa shape index (κ1) is 14.1. The number of hydrogen-bond acceptors (Lipinski definition) is 3. The Morgan fingerprint density at radius 2 is 2.16 bits per heavy atom. The van der Waals surface area contributed by atoms with Crippen molar-refractivity contribution in [1.29, 1.82) is 0 Å². The summed E-state index contributed by atoms with van der Waals surface area (Å²) in [5.74, 6) is 1.91. The van der Waals surface area contributed by atoms with Crippen molar-refractivity contribution in [1.82, 2.24) is 10.6 Å². The Labute approximate surface area is 114 Å². The molecule has 2 N–H and O–H groups in total. The Balaban J connectivity index is 1.69. The quantitative estimate of drug-likeness (QED) is 0.792. The average molecular weight is 264 g/mol. The maximum absolute atomic E-state index is 11.8.